The minimum Gasteiger partial charge on any atom is -0.870 e. The third kappa shape index (κ3) is 44.3. The molecule has 40 valence electrons. The maximum absolute atomic E-state index is 0. The van der Waals surface area contributed by atoms with Gasteiger partial charge in [0.2, 0.25) is 0 Å². The van der Waals surface area contributed by atoms with E-state index in [4.69, 9.17) is 0 Å². The molecule has 4 nitrogen and oxygen atoms in total. The van der Waals surface area contributed by atoms with Crippen LogP contribution in [0, 0.1) is 0 Å². The summed E-state index contributed by atoms with van der Waals surface area (Å²) in [6.07, 6.45) is 0. The first-order chi connectivity index (χ1) is 0. The molecule has 0 spiro atoms. The zero-order valence-corrected chi connectivity index (χ0v) is 7.58. The van der Waals surface area contributed by atoms with Crippen LogP contribution in [0.5, 0.6) is 0 Å². The van der Waals surface area contributed by atoms with Gasteiger partial charge in [0.1, 0.15) is 0 Å². The molecule has 0 aromatic heterocycles. The summed E-state index contributed by atoms with van der Waals surface area (Å²) < 4.78 is 0. The zero-order chi connectivity index (χ0) is 0. The molecule has 0 unspecified atom stereocenters. The summed E-state index contributed by atoms with van der Waals surface area (Å²) in [4.78, 5) is 0. The van der Waals surface area contributed by atoms with Crippen LogP contribution in [0.3, 0.4) is 0 Å². The van der Waals surface area contributed by atoms with Crippen molar-refractivity contribution < 1.29 is 21.9 Å². The molecule has 6 heavy (non-hydrogen) atoms. The fourth-order valence-electron chi connectivity index (χ4n) is 0. The van der Waals surface area contributed by atoms with E-state index < -0.39 is 0 Å². The molecule has 0 rings (SSSR count). The maximum Gasteiger partial charge on any atom is 2.00 e. The summed E-state index contributed by atoms with van der Waals surface area (Å²) in [5, 5.41) is 0. The molecule has 0 aliphatic heterocycles. The van der Waals surface area contributed by atoms with Gasteiger partial charge in [-0.05, 0) is 0 Å². The monoisotopic (exact) mass is 192 g/mol. The summed E-state index contributed by atoms with van der Waals surface area (Å²) in [5.41, 5.74) is 0. The van der Waals surface area contributed by atoms with Gasteiger partial charge in [-0.2, -0.15) is 13.5 Å². The third-order valence-electron chi connectivity index (χ3n) is 0. The minimum atomic E-state index is 0. The second-order valence-corrected chi connectivity index (χ2v) is 0. The molecule has 6 N–H and O–H groups in total. The van der Waals surface area contributed by atoms with E-state index in [9.17, 15) is 0 Å². The third-order valence-corrected chi connectivity index (χ3v) is 0. The van der Waals surface area contributed by atoms with Crippen LogP contribution in [0.15, 0.2) is 0 Å². The van der Waals surface area contributed by atoms with E-state index in [0.717, 1.165) is 0 Å². The van der Waals surface area contributed by atoms with Crippen molar-refractivity contribution in [1.29, 1.82) is 0 Å². The van der Waals surface area contributed by atoms with Crippen molar-refractivity contribution in [2.75, 3.05) is 0 Å². The molecular formula is H8O4SSr. The first-order valence-electron chi connectivity index (χ1n) is 0. The SMILES string of the molecule is O.O.S.[OH-].[OH-].[Sr+2]. The van der Waals surface area contributed by atoms with Crippen LogP contribution >= 0.6 is 13.5 Å². The molecule has 0 aliphatic rings. The Hall–Kier alpha value is 1.67. The van der Waals surface area contributed by atoms with Gasteiger partial charge in [0.05, 0.1) is 0 Å². The quantitative estimate of drug-likeness (QED) is 0.401. The van der Waals surface area contributed by atoms with Gasteiger partial charge < -0.3 is 21.9 Å². The summed E-state index contributed by atoms with van der Waals surface area (Å²) in [6, 6.07) is 0. The average Bonchev–Trinajstić information content (AvgIpc) is 0. The first-order valence-corrected chi connectivity index (χ1v) is 0. The van der Waals surface area contributed by atoms with Crippen LogP contribution in [0.2, 0.25) is 0 Å². The predicted molar refractivity (Wildman–Crippen MR) is 27.2 cm³/mol. The van der Waals surface area contributed by atoms with Gasteiger partial charge >= 0.3 is 45.5 Å². The molecule has 0 saturated heterocycles. The standard InChI is InChI=1S/4H2O.H2S.Sr/h5*1H2;/q;;;;;+2/p-2. The molecular weight excluding hydrogens is 184 g/mol. The van der Waals surface area contributed by atoms with E-state index in [1.54, 1.807) is 0 Å². The Morgan fingerprint density at radius 1 is 0.667 bits per heavy atom. The molecule has 6 heteroatoms. The second kappa shape index (κ2) is 76.9. The number of hydrogen-bond acceptors (Lipinski definition) is 2. The smallest absolute Gasteiger partial charge is 0.870 e. The predicted octanol–water partition coefficient (Wildman–Crippen LogP) is -2.27. The Morgan fingerprint density at radius 2 is 0.667 bits per heavy atom. The van der Waals surface area contributed by atoms with E-state index in [2.05, 4.69) is 0 Å². The van der Waals surface area contributed by atoms with Crippen LogP contribution in [0.4, 0.5) is 0 Å². The molecule has 0 heterocycles. The van der Waals surface area contributed by atoms with E-state index in [1.165, 1.54) is 0 Å². The molecule has 0 radical (unpaired) electrons. The molecule has 0 aromatic rings. The Labute approximate surface area is 79.9 Å². The van der Waals surface area contributed by atoms with Crippen LogP contribution in [-0.2, 0) is 0 Å². The average molecular weight is 192 g/mol. The minimum absolute atomic E-state index is 0. The van der Waals surface area contributed by atoms with Gasteiger partial charge in [-0.3, -0.25) is 0 Å². The first kappa shape index (κ1) is 122. The van der Waals surface area contributed by atoms with Gasteiger partial charge in [0.15, 0.2) is 0 Å². The summed E-state index contributed by atoms with van der Waals surface area (Å²) in [5.74, 6) is 0. The summed E-state index contributed by atoms with van der Waals surface area (Å²) in [6.45, 7) is 0. The molecule has 0 aromatic carbocycles. The van der Waals surface area contributed by atoms with Crippen molar-refractivity contribution in [3.63, 3.8) is 0 Å². The van der Waals surface area contributed by atoms with E-state index in [1.807, 2.05) is 0 Å². The molecule has 0 saturated carbocycles. The Morgan fingerprint density at radius 3 is 0.667 bits per heavy atom. The van der Waals surface area contributed by atoms with Crippen molar-refractivity contribution in [3.05, 3.63) is 0 Å². The molecule has 0 bridgehead atoms. The summed E-state index contributed by atoms with van der Waals surface area (Å²) >= 11 is 0. The van der Waals surface area contributed by atoms with Crippen molar-refractivity contribution >= 4 is 59.0 Å². The van der Waals surface area contributed by atoms with Gasteiger partial charge in [-0.15, -0.1) is 0 Å². The number of hydrogen-bond donors (Lipinski definition) is 0. The van der Waals surface area contributed by atoms with Crippen LogP contribution in [0.1, 0.15) is 0 Å². The Bertz CT molecular complexity index is 7.51. The fraction of sp³-hybridized carbons (Fsp3) is 0. The zero-order valence-electron chi connectivity index (χ0n) is 3.10. The van der Waals surface area contributed by atoms with Crippen molar-refractivity contribution in [3.8, 4) is 0 Å². The van der Waals surface area contributed by atoms with Gasteiger partial charge in [-0.25, -0.2) is 0 Å². The molecule has 0 amide bonds. The van der Waals surface area contributed by atoms with Gasteiger partial charge in [0.25, 0.3) is 0 Å². The fourth-order valence-corrected chi connectivity index (χ4v) is 0. The van der Waals surface area contributed by atoms with Gasteiger partial charge in [-0.1, -0.05) is 0 Å². The summed E-state index contributed by atoms with van der Waals surface area (Å²) in [7, 11) is 0. The maximum atomic E-state index is 0. The van der Waals surface area contributed by atoms with Gasteiger partial charge in [0, 0.05) is 0 Å². The van der Waals surface area contributed by atoms with E-state index in [-0.39, 0.29) is 80.9 Å². The van der Waals surface area contributed by atoms with Crippen molar-refractivity contribution in [2.24, 2.45) is 0 Å². The van der Waals surface area contributed by atoms with Crippen LogP contribution in [-0.4, -0.2) is 67.4 Å². The molecule has 0 atom stereocenters. The Kier molecular flexibility index (Phi) is 1570. The Balaban J connectivity index is 0. The molecule has 0 aliphatic carbocycles. The second-order valence-electron chi connectivity index (χ2n) is 0. The molecule has 0 fully saturated rings. The largest absolute Gasteiger partial charge is 2.00 e. The van der Waals surface area contributed by atoms with E-state index in [0.29, 0.717) is 0 Å². The van der Waals surface area contributed by atoms with Crippen molar-refractivity contribution in [2.45, 2.75) is 0 Å². The normalized spacial score (nSPS) is 0. The van der Waals surface area contributed by atoms with E-state index >= 15 is 0 Å². The van der Waals surface area contributed by atoms with Crippen molar-refractivity contribution in [1.82, 2.24) is 0 Å². The number of rotatable bonds is 0. The van der Waals surface area contributed by atoms with Crippen LogP contribution in [0.25, 0.3) is 0 Å². The van der Waals surface area contributed by atoms with Crippen LogP contribution < -0.4 is 0 Å². The topological polar surface area (TPSA) is 123 Å².